The molecule has 11 heteroatoms. The topological polar surface area (TPSA) is 172 Å². The van der Waals surface area contributed by atoms with Crippen LogP contribution in [0.15, 0.2) is 0 Å². The molecular weight excluding hydrogens is 284 g/mol. The molecule has 1 radical (unpaired) electrons. The number of phosphoric acid groups is 2. The molecule has 0 unspecified atom stereocenters. The van der Waals surface area contributed by atoms with Crippen LogP contribution >= 0.6 is 15.6 Å². The van der Waals surface area contributed by atoms with Gasteiger partial charge < -0.3 is 39.2 Å². The van der Waals surface area contributed by atoms with Gasteiger partial charge in [0.25, 0.3) is 0 Å². The van der Waals surface area contributed by atoms with E-state index < -0.39 is 15.6 Å². The van der Waals surface area contributed by atoms with Gasteiger partial charge in [0, 0.05) is 0 Å². The maximum atomic E-state index is 9.32. The summed E-state index contributed by atoms with van der Waals surface area (Å²) in [7, 11) is -11.4. The molecule has 0 bridgehead atoms. The van der Waals surface area contributed by atoms with Crippen molar-refractivity contribution in [2.45, 2.75) is 0 Å². The molecule has 0 saturated heterocycles. The molecule has 0 saturated carbocycles. The van der Waals surface area contributed by atoms with E-state index in [-0.39, 0.29) is 27.2 Å². The normalized spacial score (nSPS) is 11.3. The minimum Gasteiger partial charge on any atom is -0.790 e. The van der Waals surface area contributed by atoms with E-state index in [1.807, 2.05) is 0 Å². The molecule has 67 valence electrons. The van der Waals surface area contributed by atoms with Crippen molar-refractivity contribution in [1.82, 2.24) is 6.15 Å². The van der Waals surface area contributed by atoms with Crippen LogP contribution in [0.5, 0.6) is 0 Å². The fourth-order valence-corrected chi connectivity index (χ4v) is 1.10. The molecule has 0 aromatic carbocycles. The number of rotatable bonds is 2. The predicted molar refractivity (Wildman–Crippen MR) is 22.3 cm³/mol. The third kappa shape index (κ3) is 18.1. The van der Waals surface area contributed by atoms with Crippen molar-refractivity contribution in [3.05, 3.63) is 0 Å². The molecule has 0 aromatic rings. The van der Waals surface area contributed by atoms with Crippen molar-refractivity contribution >= 4 is 15.6 Å². The van der Waals surface area contributed by atoms with Crippen molar-refractivity contribution in [3.63, 3.8) is 0 Å². The zero-order valence-corrected chi connectivity index (χ0v) is 8.96. The Bertz CT molecular complexity index is 157. The molecular formula is H4MoNO7P2. The van der Waals surface area contributed by atoms with Crippen molar-refractivity contribution in [2.24, 2.45) is 0 Å². The van der Waals surface area contributed by atoms with Gasteiger partial charge in [-0.15, -0.1) is 0 Å². The molecule has 0 fully saturated rings. The SMILES string of the molecule is O=P([O-])([O-])OP(=O)([O-])[O-].[Mo+3].[NH4+]. The van der Waals surface area contributed by atoms with Crippen LogP contribution in [0, 0.1) is 0 Å². The van der Waals surface area contributed by atoms with E-state index >= 15 is 0 Å². The van der Waals surface area contributed by atoms with Gasteiger partial charge in [-0.1, -0.05) is 0 Å². The van der Waals surface area contributed by atoms with E-state index in [4.69, 9.17) is 0 Å². The van der Waals surface area contributed by atoms with Crippen LogP contribution in [0.4, 0.5) is 0 Å². The third-order valence-electron chi connectivity index (χ3n) is 0.200. The average Bonchev–Trinajstić information content (AvgIpc) is 1.14. The molecule has 8 nitrogen and oxygen atoms in total. The molecule has 0 aliphatic heterocycles. The maximum Gasteiger partial charge on any atom is 3.00 e. The zero-order chi connectivity index (χ0) is 7.71. The molecule has 11 heavy (non-hydrogen) atoms. The van der Waals surface area contributed by atoms with Gasteiger partial charge in [-0.25, -0.2) is 0 Å². The molecule has 0 amide bonds. The maximum absolute atomic E-state index is 9.32. The first-order valence-electron chi connectivity index (χ1n) is 1.46. The van der Waals surface area contributed by atoms with Crippen LogP contribution in [0.2, 0.25) is 0 Å². The molecule has 0 aromatic heterocycles. The Balaban J connectivity index is -0.000000320. The monoisotopic (exact) mass is 290 g/mol. The summed E-state index contributed by atoms with van der Waals surface area (Å²) in [5.41, 5.74) is 0. The van der Waals surface area contributed by atoms with Crippen LogP contribution in [-0.2, 0) is 34.5 Å². The van der Waals surface area contributed by atoms with E-state index in [0.29, 0.717) is 0 Å². The average molecular weight is 288 g/mol. The molecule has 4 N–H and O–H groups in total. The Kier molecular flexibility index (Phi) is 8.99. The van der Waals surface area contributed by atoms with Gasteiger partial charge in [-0.05, 0) is 0 Å². The Labute approximate surface area is 76.3 Å². The summed E-state index contributed by atoms with van der Waals surface area (Å²) >= 11 is 0. The quantitative estimate of drug-likeness (QED) is 0.417. The zero-order valence-electron chi connectivity index (χ0n) is 5.16. The van der Waals surface area contributed by atoms with E-state index in [1.165, 1.54) is 0 Å². The number of hydrogen-bond acceptors (Lipinski definition) is 7. The van der Waals surface area contributed by atoms with E-state index in [9.17, 15) is 28.7 Å². The van der Waals surface area contributed by atoms with Gasteiger partial charge in [0.1, 0.15) is 0 Å². The molecule has 0 atom stereocenters. The predicted octanol–water partition coefficient (Wildman–Crippen LogP) is -2.97. The summed E-state index contributed by atoms with van der Waals surface area (Å²) in [5.74, 6) is 0. The van der Waals surface area contributed by atoms with Gasteiger partial charge in [-0.2, -0.15) is 0 Å². The Morgan fingerprint density at radius 2 is 1.09 bits per heavy atom. The first-order chi connectivity index (χ1) is 3.71. The van der Waals surface area contributed by atoms with Crippen molar-refractivity contribution < 1.29 is 54.1 Å². The Morgan fingerprint density at radius 3 is 1.09 bits per heavy atom. The summed E-state index contributed by atoms with van der Waals surface area (Å²) in [4.78, 5) is 37.3. The first kappa shape index (κ1) is 17.9. The first-order valence-corrected chi connectivity index (χ1v) is 4.38. The summed E-state index contributed by atoms with van der Waals surface area (Å²) in [6.45, 7) is 0. The van der Waals surface area contributed by atoms with Crippen LogP contribution in [0.25, 0.3) is 0 Å². The van der Waals surface area contributed by atoms with Gasteiger partial charge >= 0.3 is 21.1 Å². The largest absolute Gasteiger partial charge is 3.00 e. The second kappa shape index (κ2) is 5.54. The van der Waals surface area contributed by atoms with E-state index in [2.05, 4.69) is 4.31 Å². The van der Waals surface area contributed by atoms with Gasteiger partial charge in [0.15, 0.2) is 0 Å². The van der Waals surface area contributed by atoms with Crippen LogP contribution in [0.3, 0.4) is 0 Å². The van der Waals surface area contributed by atoms with Gasteiger partial charge in [0.2, 0.25) is 0 Å². The van der Waals surface area contributed by atoms with Gasteiger partial charge in [0.05, 0.1) is 15.6 Å². The summed E-state index contributed by atoms with van der Waals surface area (Å²) in [6.07, 6.45) is 0. The summed E-state index contributed by atoms with van der Waals surface area (Å²) < 4.78 is 21.2. The van der Waals surface area contributed by atoms with E-state index in [1.54, 1.807) is 0 Å². The van der Waals surface area contributed by atoms with Crippen LogP contribution < -0.4 is 25.7 Å². The second-order valence-corrected chi connectivity index (χ2v) is 3.42. The molecule has 0 spiro atoms. The molecule has 0 aliphatic rings. The second-order valence-electron chi connectivity index (χ2n) is 0.976. The molecule has 0 rings (SSSR count). The fourth-order valence-electron chi connectivity index (χ4n) is 0.122. The summed E-state index contributed by atoms with van der Waals surface area (Å²) in [6, 6.07) is 0. The fraction of sp³-hybridized carbons (Fsp3) is 0. The minimum atomic E-state index is -5.68. The summed E-state index contributed by atoms with van der Waals surface area (Å²) in [5, 5.41) is 0. The van der Waals surface area contributed by atoms with Crippen molar-refractivity contribution in [3.8, 4) is 0 Å². The number of hydrogen-bond donors (Lipinski definition) is 1. The smallest absolute Gasteiger partial charge is 0.790 e. The molecule has 0 aliphatic carbocycles. The van der Waals surface area contributed by atoms with Crippen LogP contribution in [0.1, 0.15) is 0 Å². The van der Waals surface area contributed by atoms with Crippen molar-refractivity contribution in [1.29, 1.82) is 0 Å². The Morgan fingerprint density at radius 1 is 0.909 bits per heavy atom. The van der Waals surface area contributed by atoms with Crippen LogP contribution in [-0.4, -0.2) is 0 Å². The number of quaternary nitrogens is 1. The van der Waals surface area contributed by atoms with Gasteiger partial charge in [-0.3, -0.25) is 0 Å². The third-order valence-corrected chi connectivity index (χ3v) is 1.80. The van der Waals surface area contributed by atoms with E-state index in [0.717, 1.165) is 0 Å². The Hall–Kier alpha value is 0.908. The minimum absolute atomic E-state index is 0. The van der Waals surface area contributed by atoms with Crippen molar-refractivity contribution in [2.75, 3.05) is 0 Å². The standard InChI is InChI=1S/Mo.H3N.H4O7P2/c;;1-8(2,3)7-9(4,5)6/h;1H3;(H2,1,2,3)(H2,4,5,6)/q+3;;/p-3. The molecule has 0 heterocycles.